The number of methoxy groups -OCH3 is 1. The molecule has 2 aliphatic rings. The van der Waals surface area contributed by atoms with E-state index in [1.165, 1.54) is 11.3 Å². The SMILES string of the molecule is COc1ccc(CN(C(=O)CCCN2C(=O)c3ccccc3C2=O)[C@H](C)C(=O)NC2CCCCC2)cc1. The van der Waals surface area contributed by atoms with Crippen molar-refractivity contribution in [3.05, 3.63) is 65.2 Å². The third kappa shape index (κ3) is 6.18. The van der Waals surface area contributed by atoms with Gasteiger partial charge in [0.15, 0.2) is 0 Å². The Bertz CT molecular complexity index is 1110. The van der Waals surface area contributed by atoms with Crippen LogP contribution >= 0.6 is 0 Å². The van der Waals surface area contributed by atoms with E-state index in [1.807, 2.05) is 24.3 Å². The summed E-state index contributed by atoms with van der Waals surface area (Å²) >= 11 is 0. The third-order valence-corrected chi connectivity index (χ3v) is 7.28. The van der Waals surface area contributed by atoms with Gasteiger partial charge in [-0.15, -0.1) is 0 Å². The van der Waals surface area contributed by atoms with Gasteiger partial charge >= 0.3 is 0 Å². The van der Waals surface area contributed by atoms with Crippen molar-refractivity contribution in [2.24, 2.45) is 0 Å². The number of rotatable bonds is 10. The second kappa shape index (κ2) is 12.0. The molecule has 1 fully saturated rings. The van der Waals surface area contributed by atoms with Gasteiger partial charge in [0.25, 0.3) is 11.8 Å². The Hall–Kier alpha value is -3.68. The topological polar surface area (TPSA) is 96.0 Å². The third-order valence-electron chi connectivity index (χ3n) is 7.28. The minimum Gasteiger partial charge on any atom is -0.497 e. The van der Waals surface area contributed by atoms with Crippen LogP contribution in [0.25, 0.3) is 0 Å². The van der Waals surface area contributed by atoms with Crippen LogP contribution in [-0.4, -0.2) is 59.2 Å². The summed E-state index contributed by atoms with van der Waals surface area (Å²) in [6.45, 7) is 2.18. The van der Waals surface area contributed by atoms with Crippen LogP contribution in [0.3, 0.4) is 0 Å². The summed E-state index contributed by atoms with van der Waals surface area (Å²) in [4.78, 5) is 54.6. The van der Waals surface area contributed by atoms with E-state index in [2.05, 4.69) is 5.32 Å². The monoisotopic (exact) mass is 505 g/mol. The standard InChI is InChI=1S/C29H35N3O5/c1-20(27(34)30-22-9-4-3-5-10-22)32(19-21-14-16-23(37-2)17-15-21)26(33)13-8-18-31-28(35)24-11-6-7-12-25(24)29(31)36/h6-7,11-12,14-17,20,22H,3-5,8-10,13,18-19H2,1-2H3,(H,30,34)/t20-/m1/s1. The number of carbonyl (C=O) groups excluding carboxylic acids is 4. The largest absolute Gasteiger partial charge is 0.497 e. The summed E-state index contributed by atoms with van der Waals surface area (Å²) in [6.07, 6.45) is 5.76. The van der Waals surface area contributed by atoms with Gasteiger partial charge in [-0.25, -0.2) is 0 Å². The Balaban J connectivity index is 1.41. The van der Waals surface area contributed by atoms with Gasteiger partial charge in [0.1, 0.15) is 11.8 Å². The molecule has 1 atom stereocenters. The number of hydrogen-bond donors (Lipinski definition) is 1. The highest BCUT2D eigenvalue weighted by Crippen LogP contribution is 2.23. The fourth-order valence-corrected chi connectivity index (χ4v) is 5.05. The molecule has 2 aromatic carbocycles. The molecule has 1 N–H and O–H groups in total. The number of fused-ring (bicyclic) bond motifs is 1. The van der Waals surface area contributed by atoms with E-state index in [1.54, 1.807) is 43.2 Å². The Morgan fingerprint density at radius 3 is 2.22 bits per heavy atom. The average molecular weight is 506 g/mol. The maximum absolute atomic E-state index is 13.4. The smallest absolute Gasteiger partial charge is 0.261 e. The number of imide groups is 1. The molecule has 196 valence electrons. The second-order valence-corrected chi connectivity index (χ2v) is 9.80. The zero-order valence-electron chi connectivity index (χ0n) is 21.6. The highest BCUT2D eigenvalue weighted by molar-refractivity contribution is 6.21. The normalized spacial score (nSPS) is 16.3. The lowest BCUT2D eigenvalue weighted by Gasteiger charge is -2.31. The molecule has 0 saturated heterocycles. The van der Waals surface area contributed by atoms with Gasteiger partial charge < -0.3 is 15.0 Å². The molecule has 1 heterocycles. The number of carbonyl (C=O) groups is 4. The summed E-state index contributed by atoms with van der Waals surface area (Å²) in [6, 6.07) is 13.6. The van der Waals surface area contributed by atoms with E-state index in [4.69, 9.17) is 4.74 Å². The molecule has 1 aliphatic carbocycles. The first-order chi connectivity index (χ1) is 17.9. The summed E-state index contributed by atoms with van der Waals surface area (Å²) in [5.74, 6) is -0.301. The maximum atomic E-state index is 13.4. The molecule has 0 aromatic heterocycles. The van der Waals surface area contributed by atoms with Gasteiger partial charge in [-0.1, -0.05) is 43.5 Å². The molecule has 0 unspecified atom stereocenters. The minimum absolute atomic E-state index is 0.116. The van der Waals surface area contributed by atoms with E-state index in [0.29, 0.717) is 23.3 Å². The van der Waals surface area contributed by atoms with Gasteiger partial charge in [0.2, 0.25) is 11.8 Å². The van der Waals surface area contributed by atoms with Crippen molar-refractivity contribution in [2.75, 3.05) is 13.7 Å². The summed E-state index contributed by atoms with van der Waals surface area (Å²) < 4.78 is 5.23. The van der Waals surface area contributed by atoms with Crippen molar-refractivity contribution >= 4 is 23.6 Å². The fourth-order valence-electron chi connectivity index (χ4n) is 5.05. The molecule has 1 aliphatic heterocycles. The molecule has 0 spiro atoms. The van der Waals surface area contributed by atoms with E-state index >= 15 is 0 Å². The zero-order valence-corrected chi connectivity index (χ0v) is 21.6. The van der Waals surface area contributed by atoms with Crippen LogP contribution in [0.4, 0.5) is 0 Å². The van der Waals surface area contributed by atoms with Gasteiger partial charge in [-0.2, -0.15) is 0 Å². The van der Waals surface area contributed by atoms with Crippen LogP contribution in [0, 0.1) is 0 Å². The summed E-state index contributed by atoms with van der Waals surface area (Å²) in [5, 5.41) is 3.13. The Morgan fingerprint density at radius 1 is 1.00 bits per heavy atom. The van der Waals surface area contributed by atoms with Crippen LogP contribution < -0.4 is 10.1 Å². The molecule has 8 nitrogen and oxygen atoms in total. The van der Waals surface area contributed by atoms with E-state index in [9.17, 15) is 19.2 Å². The molecule has 37 heavy (non-hydrogen) atoms. The van der Waals surface area contributed by atoms with Crippen molar-refractivity contribution in [3.8, 4) is 5.75 Å². The van der Waals surface area contributed by atoms with Crippen molar-refractivity contribution in [1.29, 1.82) is 0 Å². The molecule has 0 radical (unpaired) electrons. The molecule has 4 rings (SSSR count). The Morgan fingerprint density at radius 2 is 1.62 bits per heavy atom. The minimum atomic E-state index is -0.657. The van der Waals surface area contributed by atoms with Crippen molar-refractivity contribution in [1.82, 2.24) is 15.1 Å². The molecule has 2 aromatic rings. The molecule has 1 saturated carbocycles. The maximum Gasteiger partial charge on any atom is 0.261 e. The first-order valence-corrected chi connectivity index (χ1v) is 13.1. The van der Waals surface area contributed by atoms with Crippen molar-refractivity contribution < 1.29 is 23.9 Å². The zero-order chi connectivity index (χ0) is 26.4. The van der Waals surface area contributed by atoms with E-state index in [-0.39, 0.29) is 49.2 Å². The highest BCUT2D eigenvalue weighted by Gasteiger charge is 2.35. The first kappa shape index (κ1) is 26.4. The van der Waals surface area contributed by atoms with Crippen molar-refractivity contribution in [3.63, 3.8) is 0 Å². The van der Waals surface area contributed by atoms with Gasteiger partial charge in [-0.3, -0.25) is 24.1 Å². The highest BCUT2D eigenvalue weighted by atomic mass is 16.5. The predicted molar refractivity (Wildman–Crippen MR) is 139 cm³/mol. The van der Waals surface area contributed by atoms with E-state index in [0.717, 1.165) is 31.2 Å². The molecule has 4 amide bonds. The van der Waals surface area contributed by atoms with Gasteiger partial charge in [0.05, 0.1) is 18.2 Å². The second-order valence-electron chi connectivity index (χ2n) is 9.80. The lowest BCUT2D eigenvalue weighted by molar-refractivity contribution is -0.141. The number of ether oxygens (including phenoxy) is 1. The average Bonchev–Trinajstić information content (AvgIpc) is 3.17. The van der Waals surface area contributed by atoms with Crippen LogP contribution in [0.15, 0.2) is 48.5 Å². The van der Waals surface area contributed by atoms with Crippen LogP contribution in [0.2, 0.25) is 0 Å². The Labute approximate surface area is 218 Å². The Kier molecular flexibility index (Phi) is 8.58. The fraction of sp³-hybridized carbons (Fsp3) is 0.448. The van der Waals surface area contributed by atoms with Gasteiger partial charge in [0, 0.05) is 25.6 Å². The summed E-state index contributed by atoms with van der Waals surface area (Å²) in [5.41, 5.74) is 1.67. The molecular formula is C29H35N3O5. The van der Waals surface area contributed by atoms with Crippen LogP contribution in [-0.2, 0) is 16.1 Å². The van der Waals surface area contributed by atoms with Crippen LogP contribution in [0.1, 0.15) is 78.1 Å². The quantitative estimate of drug-likeness (QED) is 0.494. The number of hydrogen-bond acceptors (Lipinski definition) is 5. The predicted octanol–water partition coefficient (Wildman–Crippen LogP) is 3.94. The lowest BCUT2D eigenvalue weighted by Crippen LogP contribution is -2.50. The first-order valence-electron chi connectivity index (χ1n) is 13.1. The van der Waals surface area contributed by atoms with Gasteiger partial charge in [-0.05, 0) is 56.0 Å². The summed E-state index contributed by atoms with van der Waals surface area (Å²) in [7, 11) is 1.59. The van der Waals surface area contributed by atoms with E-state index < -0.39 is 6.04 Å². The lowest BCUT2D eigenvalue weighted by atomic mass is 9.95. The van der Waals surface area contributed by atoms with Crippen LogP contribution in [0.5, 0.6) is 5.75 Å². The molecule has 8 heteroatoms. The number of nitrogens with one attached hydrogen (secondary N) is 1. The number of nitrogens with zero attached hydrogens (tertiary/aromatic N) is 2. The molecule has 0 bridgehead atoms. The number of benzene rings is 2. The molecular weight excluding hydrogens is 470 g/mol. The number of amides is 4. The van der Waals surface area contributed by atoms with Crippen molar-refractivity contribution in [2.45, 2.75) is 70.5 Å².